The fourth-order valence-electron chi connectivity index (χ4n) is 3.85. The molecule has 1 saturated carbocycles. The highest BCUT2D eigenvalue weighted by Gasteiger charge is 2.30. The quantitative estimate of drug-likeness (QED) is 0.588. The second-order valence-corrected chi connectivity index (χ2v) is 7.86. The zero-order valence-electron chi connectivity index (χ0n) is 16.9. The Morgan fingerprint density at radius 3 is 2.65 bits per heavy atom. The molecule has 2 aliphatic rings. The Morgan fingerprint density at radius 1 is 1.19 bits per heavy atom. The molecular formula is C23H22FN3O4. The molecule has 160 valence electrons. The van der Waals surface area contributed by atoms with Gasteiger partial charge in [-0.05, 0) is 36.0 Å². The van der Waals surface area contributed by atoms with Crippen molar-refractivity contribution in [3.8, 4) is 0 Å². The molecule has 1 aromatic carbocycles. The molecule has 0 bridgehead atoms. The van der Waals surface area contributed by atoms with Crippen molar-refractivity contribution >= 4 is 17.4 Å². The van der Waals surface area contributed by atoms with E-state index in [1.54, 1.807) is 6.07 Å². The smallest absolute Gasteiger partial charge is 0.344 e. The molecule has 7 nitrogen and oxygen atoms in total. The van der Waals surface area contributed by atoms with E-state index in [0.717, 1.165) is 34.6 Å². The fraction of sp³-hybridized carbons (Fsp3) is 0.348. The summed E-state index contributed by atoms with van der Waals surface area (Å²) in [5, 5.41) is 0. The number of nitrogens with zero attached hydrogens (tertiary/aromatic N) is 3. The van der Waals surface area contributed by atoms with E-state index in [2.05, 4.69) is 4.98 Å². The Morgan fingerprint density at radius 2 is 1.94 bits per heavy atom. The van der Waals surface area contributed by atoms with Gasteiger partial charge in [-0.3, -0.25) is 9.20 Å². The van der Waals surface area contributed by atoms with Gasteiger partial charge in [-0.25, -0.2) is 14.2 Å². The lowest BCUT2D eigenvalue weighted by Crippen LogP contribution is -2.38. The molecule has 1 aliphatic carbocycles. The predicted molar refractivity (Wildman–Crippen MR) is 112 cm³/mol. The van der Waals surface area contributed by atoms with Gasteiger partial charge in [-0.2, -0.15) is 0 Å². The van der Waals surface area contributed by atoms with Gasteiger partial charge >= 0.3 is 5.97 Å². The highest BCUT2D eigenvalue weighted by Crippen LogP contribution is 2.42. The highest BCUT2D eigenvalue weighted by atomic mass is 19.1. The predicted octanol–water partition coefficient (Wildman–Crippen LogP) is 2.90. The van der Waals surface area contributed by atoms with Gasteiger partial charge in [0, 0.05) is 13.1 Å². The van der Waals surface area contributed by atoms with Crippen LogP contribution in [0.2, 0.25) is 0 Å². The molecule has 31 heavy (non-hydrogen) atoms. The molecular weight excluding hydrogens is 401 g/mol. The Labute approximate surface area is 178 Å². The topological polar surface area (TPSA) is 73.1 Å². The Balaban J connectivity index is 1.53. The SMILES string of the molecule is O=C(OCc1ccccc1)c1cc(C2CC2)c2nc(N3CCOCC3)c(F)cn2c1=O. The summed E-state index contributed by atoms with van der Waals surface area (Å²) in [6.07, 6.45) is 3.02. The molecule has 0 N–H and O–H groups in total. The Hall–Kier alpha value is -3.26. The van der Waals surface area contributed by atoms with E-state index in [-0.39, 0.29) is 23.9 Å². The van der Waals surface area contributed by atoms with E-state index in [0.29, 0.717) is 32.0 Å². The first-order valence-corrected chi connectivity index (χ1v) is 10.4. The minimum absolute atomic E-state index is 0.0587. The van der Waals surface area contributed by atoms with Gasteiger partial charge in [0.25, 0.3) is 5.56 Å². The van der Waals surface area contributed by atoms with E-state index < -0.39 is 17.3 Å². The van der Waals surface area contributed by atoms with Gasteiger partial charge in [0.2, 0.25) is 0 Å². The average molecular weight is 423 g/mol. The number of carbonyl (C=O) groups excluding carboxylic acids is 1. The number of fused-ring (bicyclic) bond motifs is 1. The minimum Gasteiger partial charge on any atom is -0.457 e. The summed E-state index contributed by atoms with van der Waals surface area (Å²) in [6, 6.07) is 10.8. The number of anilines is 1. The number of rotatable bonds is 5. The second-order valence-electron chi connectivity index (χ2n) is 7.86. The number of ether oxygens (including phenoxy) is 2. The zero-order chi connectivity index (χ0) is 21.4. The molecule has 2 fully saturated rings. The molecule has 0 atom stereocenters. The van der Waals surface area contributed by atoms with Crippen LogP contribution in [-0.2, 0) is 16.1 Å². The molecule has 3 heterocycles. The van der Waals surface area contributed by atoms with Crippen molar-refractivity contribution in [3.63, 3.8) is 0 Å². The summed E-state index contributed by atoms with van der Waals surface area (Å²) in [6.45, 7) is 2.13. The standard InChI is InChI=1S/C23H22FN3O4/c24-19-13-27-20(25-21(19)26-8-10-30-11-9-26)17(16-6-7-16)12-18(22(27)28)23(29)31-14-15-4-2-1-3-5-15/h1-5,12-13,16H,6-11,14H2. The first kappa shape index (κ1) is 19.7. The lowest BCUT2D eigenvalue weighted by Gasteiger charge is -2.28. The van der Waals surface area contributed by atoms with E-state index in [4.69, 9.17) is 9.47 Å². The third kappa shape index (κ3) is 3.90. The van der Waals surface area contributed by atoms with Crippen molar-refractivity contribution in [1.82, 2.24) is 9.38 Å². The van der Waals surface area contributed by atoms with Crippen molar-refractivity contribution in [2.45, 2.75) is 25.4 Å². The monoisotopic (exact) mass is 423 g/mol. The molecule has 1 aliphatic heterocycles. The van der Waals surface area contributed by atoms with Crippen LogP contribution in [0.3, 0.4) is 0 Å². The van der Waals surface area contributed by atoms with E-state index in [1.807, 2.05) is 35.2 Å². The fourth-order valence-corrected chi connectivity index (χ4v) is 3.85. The maximum Gasteiger partial charge on any atom is 0.344 e. The number of pyridine rings is 1. The summed E-state index contributed by atoms with van der Waals surface area (Å²) >= 11 is 0. The number of carbonyl (C=O) groups is 1. The van der Waals surface area contributed by atoms with Gasteiger partial charge < -0.3 is 14.4 Å². The highest BCUT2D eigenvalue weighted by molar-refractivity contribution is 5.90. The van der Waals surface area contributed by atoms with E-state index in [1.165, 1.54) is 0 Å². The van der Waals surface area contributed by atoms with Crippen molar-refractivity contribution in [2.24, 2.45) is 0 Å². The number of benzene rings is 1. The van der Waals surface area contributed by atoms with E-state index >= 15 is 0 Å². The van der Waals surface area contributed by atoms with Gasteiger partial charge in [0.05, 0.1) is 19.4 Å². The third-order valence-corrected chi connectivity index (χ3v) is 5.66. The van der Waals surface area contributed by atoms with E-state index in [9.17, 15) is 14.0 Å². The molecule has 0 radical (unpaired) electrons. The summed E-state index contributed by atoms with van der Waals surface area (Å²) < 4.78 is 26.8. The number of hydrogen-bond acceptors (Lipinski definition) is 6. The van der Waals surface area contributed by atoms with Crippen LogP contribution in [-0.4, -0.2) is 41.7 Å². The van der Waals surface area contributed by atoms with Crippen LogP contribution in [0.1, 0.15) is 40.2 Å². The summed E-state index contributed by atoms with van der Waals surface area (Å²) in [7, 11) is 0. The van der Waals surface area contributed by atoms with Crippen molar-refractivity contribution in [1.29, 1.82) is 0 Å². The molecule has 3 aromatic rings. The van der Waals surface area contributed by atoms with Crippen LogP contribution < -0.4 is 10.5 Å². The lowest BCUT2D eigenvalue weighted by atomic mass is 10.1. The molecule has 0 spiro atoms. The number of aromatic nitrogens is 2. The summed E-state index contributed by atoms with van der Waals surface area (Å²) in [5.41, 5.74) is 1.27. The second kappa shape index (κ2) is 8.11. The molecule has 8 heteroatoms. The Bertz CT molecular complexity index is 1180. The van der Waals surface area contributed by atoms with Gasteiger partial charge in [0.1, 0.15) is 17.8 Å². The van der Waals surface area contributed by atoms with Gasteiger partial charge in [0.15, 0.2) is 11.6 Å². The van der Waals surface area contributed by atoms with Gasteiger partial charge in [-0.1, -0.05) is 30.3 Å². The van der Waals surface area contributed by atoms with Crippen LogP contribution in [0.4, 0.5) is 10.2 Å². The zero-order valence-corrected chi connectivity index (χ0v) is 16.9. The maximum atomic E-state index is 14.9. The summed E-state index contributed by atoms with van der Waals surface area (Å²) in [5.74, 6) is -0.911. The molecule has 2 aromatic heterocycles. The largest absolute Gasteiger partial charge is 0.457 e. The average Bonchev–Trinajstić information content (AvgIpc) is 3.64. The third-order valence-electron chi connectivity index (χ3n) is 5.66. The van der Waals surface area contributed by atoms with Crippen LogP contribution >= 0.6 is 0 Å². The van der Waals surface area contributed by atoms with Crippen LogP contribution in [0.5, 0.6) is 0 Å². The van der Waals surface area contributed by atoms with Crippen molar-refractivity contribution in [2.75, 3.05) is 31.2 Å². The number of esters is 1. The first-order chi connectivity index (χ1) is 15.1. The molecule has 5 rings (SSSR count). The number of morpholine rings is 1. The van der Waals surface area contributed by atoms with Crippen LogP contribution in [0.15, 0.2) is 47.4 Å². The van der Waals surface area contributed by atoms with Crippen LogP contribution in [0.25, 0.3) is 5.65 Å². The maximum absolute atomic E-state index is 14.9. The minimum atomic E-state index is -0.720. The molecule has 1 saturated heterocycles. The molecule has 0 amide bonds. The number of hydrogen-bond donors (Lipinski definition) is 0. The van der Waals surface area contributed by atoms with Crippen LogP contribution in [0, 0.1) is 5.82 Å². The summed E-state index contributed by atoms with van der Waals surface area (Å²) in [4.78, 5) is 32.1. The van der Waals surface area contributed by atoms with Crippen molar-refractivity contribution in [3.05, 3.63) is 75.5 Å². The van der Waals surface area contributed by atoms with Crippen molar-refractivity contribution < 1.29 is 18.7 Å². The van der Waals surface area contributed by atoms with Gasteiger partial charge in [-0.15, -0.1) is 0 Å². The lowest BCUT2D eigenvalue weighted by molar-refractivity contribution is 0.0470. The molecule has 0 unspecified atom stereocenters. The normalized spacial score (nSPS) is 16.5. The first-order valence-electron chi connectivity index (χ1n) is 10.4. The number of halogens is 1. The Kier molecular flexibility index (Phi) is 5.15.